The smallest absolute Gasteiger partial charge is 0.149 e. The SMILES string of the molecule is CC(C)(O)CNc1c(N)c(N)nc2c1C(Cc1ccccc1)(Cc1ccccc1)CCC2. The van der Waals surface area contributed by atoms with E-state index in [4.69, 9.17) is 16.5 Å². The second-order valence-corrected chi connectivity index (χ2v) is 9.73. The molecule has 0 bridgehead atoms. The Hall–Kier alpha value is -3.05. The van der Waals surface area contributed by atoms with Gasteiger partial charge in [-0.25, -0.2) is 4.98 Å². The number of benzene rings is 2. The third kappa shape index (κ3) is 4.73. The van der Waals surface area contributed by atoms with E-state index in [0.717, 1.165) is 49.0 Å². The molecule has 0 spiro atoms. The number of anilines is 3. The van der Waals surface area contributed by atoms with E-state index in [9.17, 15) is 5.11 Å². The molecule has 1 heterocycles. The minimum absolute atomic E-state index is 0.174. The summed E-state index contributed by atoms with van der Waals surface area (Å²) in [5.74, 6) is 0.359. The number of hydrogen-bond donors (Lipinski definition) is 4. The molecule has 3 aromatic rings. The maximum Gasteiger partial charge on any atom is 0.149 e. The van der Waals surface area contributed by atoms with Crippen LogP contribution >= 0.6 is 0 Å². The van der Waals surface area contributed by atoms with Gasteiger partial charge in [-0.05, 0) is 57.1 Å². The summed E-state index contributed by atoms with van der Waals surface area (Å²) in [4.78, 5) is 4.75. The van der Waals surface area contributed by atoms with Crippen molar-refractivity contribution in [3.05, 3.63) is 83.0 Å². The Labute approximate surface area is 190 Å². The Morgan fingerprint density at radius 3 is 2.06 bits per heavy atom. The van der Waals surface area contributed by atoms with Crippen LogP contribution in [0.4, 0.5) is 17.2 Å². The van der Waals surface area contributed by atoms with Gasteiger partial charge in [-0.1, -0.05) is 60.7 Å². The molecule has 1 aliphatic carbocycles. The summed E-state index contributed by atoms with van der Waals surface area (Å²) in [6.07, 6.45) is 4.73. The first-order valence-electron chi connectivity index (χ1n) is 11.4. The van der Waals surface area contributed by atoms with E-state index in [-0.39, 0.29) is 5.41 Å². The van der Waals surface area contributed by atoms with Gasteiger partial charge in [0, 0.05) is 23.2 Å². The molecule has 5 heteroatoms. The van der Waals surface area contributed by atoms with Gasteiger partial charge in [0.05, 0.1) is 17.0 Å². The molecule has 0 saturated heterocycles. The second kappa shape index (κ2) is 8.83. The van der Waals surface area contributed by atoms with Crippen molar-refractivity contribution in [2.75, 3.05) is 23.3 Å². The average molecular weight is 431 g/mol. The zero-order valence-corrected chi connectivity index (χ0v) is 19.1. The lowest BCUT2D eigenvalue weighted by Crippen LogP contribution is -2.39. The highest BCUT2D eigenvalue weighted by Crippen LogP contribution is 2.48. The summed E-state index contributed by atoms with van der Waals surface area (Å²) in [5, 5.41) is 13.8. The Morgan fingerprint density at radius 2 is 1.53 bits per heavy atom. The topological polar surface area (TPSA) is 97.2 Å². The first kappa shape index (κ1) is 22.2. The lowest BCUT2D eigenvalue weighted by molar-refractivity contribution is 0.0944. The van der Waals surface area contributed by atoms with E-state index < -0.39 is 5.60 Å². The van der Waals surface area contributed by atoms with Crippen LogP contribution in [0.15, 0.2) is 60.7 Å². The molecule has 6 N–H and O–H groups in total. The first-order chi connectivity index (χ1) is 15.3. The number of nitrogens with two attached hydrogens (primary N) is 2. The lowest BCUT2D eigenvalue weighted by atomic mass is 9.64. The molecular formula is C27H34N4O. The highest BCUT2D eigenvalue weighted by Gasteiger charge is 2.41. The quantitative estimate of drug-likeness (QED) is 0.443. The van der Waals surface area contributed by atoms with Gasteiger partial charge in [-0.2, -0.15) is 0 Å². The molecular weight excluding hydrogens is 396 g/mol. The van der Waals surface area contributed by atoms with Crippen molar-refractivity contribution in [2.24, 2.45) is 0 Å². The van der Waals surface area contributed by atoms with Gasteiger partial charge in [-0.15, -0.1) is 0 Å². The number of fused-ring (bicyclic) bond motifs is 1. The van der Waals surface area contributed by atoms with E-state index in [1.165, 1.54) is 11.1 Å². The number of pyridine rings is 1. The summed E-state index contributed by atoms with van der Waals surface area (Å²) >= 11 is 0. The van der Waals surface area contributed by atoms with Gasteiger partial charge in [0.2, 0.25) is 0 Å². The fourth-order valence-electron chi connectivity index (χ4n) is 5.02. The molecule has 0 radical (unpaired) electrons. The Balaban J connectivity index is 1.89. The fourth-order valence-corrected chi connectivity index (χ4v) is 5.02. The summed E-state index contributed by atoms with van der Waals surface area (Å²) < 4.78 is 0. The minimum Gasteiger partial charge on any atom is -0.394 e. The molecule has 0 saturated carbocycles. The van der Waals surface area contributed by atoms with Crippen LogP contribution in [0.3, 0.4) is 0 Å². The van der Waals surface area contributed by atoms with E-state index in [1.807, 2.05) is 0 Å². The number of aliphatic hydroxyl groups is 1. The van der Waals surface area contributed by atoms with Gasteiger partial charge < -0.3 is 21.9 Å². The third-order valence-corrected chi connectivity index (χ3v) is 6.41. The summed E-state index contributed by atoms with van der Waals surface area (Å²) in [5.41, 5.74) is 17.8. The number of rotatable bonds is 7. The molecule has 168 valence electrons. The fraction of sp³-hybridized carbons (Fsp3) is 0.370. The lowest BCUT2D eigenvalue weighted by Gasteiger charge is -2.41. The number of aryl methyl sites for hydroxylation is 1. The molecule has 0 amide bonds. The average Bonchev–Trinajstić information content (AvgIpc) is 2.75. The molecule has 2 aromatic carbocycles. The molecule has 1 aromatic heterocycles. The number of nitrogens with zero attached hydrogens (tertiary/aromatic N) is 1. The van der Waals surface area contributed by atoms with E-state index in [2.05, 4.69) is 66.0 Å². The van der Waals surface area contributed by atoms with Crippen molar-refractivity contribution >= 4 is 17.2 Å². The predicted molar refractivity (Wildman–Crippen MR) is 133 cm³/mol. The van der Waals surface area contributed by atoms with Crippen LogP contribution in [0.5, 0.6) is 0 Å². The molecule has 0 unspecified atom stereocenters. The van der Waals surface area contributed by atoms with Crippen LogP contribution in [-0.2, 0) is 24.7 Å². The van der Waals surface area contributed by atoms with Crippen molar-refractivity contribution in [1.82, 2.24) is 4.98 Å². The zero-order valence-electron chi connectivity index (χ0n) is 19.1. The summed E-state index contributed by atoms with van der Waals surface area (Å²) in [6.45, 7) is 3.95. The standard InChI is InChI=1S/C27H34N4O/c1-26(2,32)18-30-24-22-21(31-25(29)23(24)28)14-9-15-27(22,16-19-10-5-3-6-11-19)17-20-12-7-4-8-13-20/h3-8,10-13,32H,9,14-18,28H2,1-2H3,(H3,29,30,31). The van der Waals surface area contributed by atoms with Crippen LogP contribution in [-0.4, -0.2) is 22.2 Å². The number of nitrogen functional groups attached to an aromatic ring is 2. The summed E-state index contributed by atoms with van der Waals surface area (Å²) in [6, 6.07) is 21.3. The second-order valence-electron chi connectivity index (χ2n) is 9.73. The molecule has 32 heavy (non-hydrogen) atoms. The summed E-state index contributed by atoms with van der Waals surface area (Å²) in [7, 11) is 0. The molecule has 0 fully saturated rings. The van der Waals surface area contributed by atoms with Crippen LogP contribution in [0.2, 0.25) is 0 Å². The molecule has 0 aliphatic heterocycles. The minimum atomic E-state index is -0.881. The van der Waals surface area contributed by atoms with E-state index >= 15 is 0 Å². The number of nitrogens with one attached hydrogen (secondary N) is 1. The van der Waals surface area contributed by atoms with Crippen molar-refractivity contribution in [3.8, 4) is 0 Å². The van der Waals surface area contributed by atoms with E-state index in [1.54, 1.807) is 13.8 Å². The van der Waals surface area contributed by atoms with Gasteiger partial charge in [-0.3, -0.25) is 0 Å². The van der Waals surface area contributed by atoms with Gasteiger partial charge >= 0.3 is 0 Å². The highest BCUT2D eigenvalue weighted by atomic mass is 16.3. The van der Waals surface area contributed by atoms with Gasteiger partial charge in [0.25, 0.3) is 0 Å². The van der Waals surface area contributed by atoms with E-state index in [0.29, 0.717) is 18.1 Å². The van der Waals surface area contributed by atoms with Crippen molar-refractivity contribution in [2.45, 2.75) is 57.0 Å². The van der Waals surface area contributed by atoms with Crippen molar-refractivity contribution in [1.29, 1.82) is 0 Å². The monoisotopic (exact) mass is 430 g/mol. The largest absolute Gasteiger partial charge is 0.394 e. The molecule has 1 aliphatic rings. The van der Waals surface area contributed by atoms with Gasteiger partial charge in [0.15, 0.2) is 0 Å². The molecule has 0 atom stereocenters. The molecule has 4 rings (SSSR count). The van der Waals surface area contributed by atoms with Crippen molar-refractivity contribution in [3.63, 3.8) is 0 Å². The zero-order chi connectivity index (χ0) is 22.8. The third-order valence-electron chi connectivity index (χ3n) is 6.41. The highest BCUT2D eigenvalue weighted by molar-refractivity contribution is 5.81. The van der Waals surface area contributed by atoms with Crippen LogP contribution in [0, 0.1) is 0 Å². The normalized spacial score (nSPS) is 15.2. The number of hydrogen-bond acceptors (Lipinski definition) is 5. The number of aromatic nitrogens is 1. The van der Waals surface area contributed by atoms with Crippen LogP contribution in [0.1, 0.15) is 49.1 Å². The Bertz CT molecular complexity index is 1020. The van der Waals surface area contributed by atoms with Crippen molar-refractivity contribution < 1.29 is 5.11 Å². The maximum atomic E-state index is 10.4. The predicted octanol–water partition coefficient (Wildman–Crippen LogP) is 4.49. The van der Waals surface area contributed by atoms with Crippen LogP contribution in [0.25, 0.3) is 0 Å². The maximum absolute atomic E-state index is 10.4. The first-order valence-corrected chi connectivity index (χ1v) is 11.4. The van der Waals surface area contributed by atoms with Crippen LogP contribution < -0.4 is 16.8 Å². The Morgan fingerprint density at radius 1 is 0.969 bits per heavy atom. The van der Waals surface area contributed by atoms with Gasteiger partial charge in [0.1, 0.15) is 5.82 Å². The Kier molecular flexibility index (Phi) is 6.11. The molecule has 5 nitrogen and oxygen atoms in total.